The molecule has 6 nitrogen and oxygen atoms in total. The molecule has 2 aliphatic heterocycles. The summed E-state index contributed by atoms with van der Waals surface area (Å²) in [4.78, 5) is 14.4. The Balaban J connectivity index is 1.54. The van der Waals surface area contributed by atoms with Crippen LogP contribution in [0.5, 0.6) is 0 Å². The molecule has 122 valence electrons. The van der Waals surface area contributed by atoms with E-state index in [1.807, 2.05) is 4.90 Å². The van der Waals surface area contributed by atoms with Crippen LogP contribution in [0.15, 0.2) is 0 Å². The van der Waals surface area contributed by atoms with E-state index >= 15 is 0 Å². The Morgan fingerprint density at radius 3 is 2.95 bits per heavy atom. The molecule has 1 aromatic rings. The number of nitrogens with one attached hydrogen (secondary N) is 1. The Morgan fingerprint density at radius 2 is 2.27 bits per heavy atom. The maximum Gasteiger partial charge on any atom is 0.318 e. The number of nitrogens with zero attached hydrogens (tertiary/aromatic N) is 3. The summed E-state index contributed by atoms with van der Waals surface area (Å²) in [5.74, 6) is 0.379. The molecule has 0 bridgehead atoms. The lowest BCUT2D eigenvalue weighted by Gasteiger charge is -2.28. The molecule has 0 aromatic carbocycles. The van der Waals surface area contributed by atoms with E-state index in [1.165, 1.54) is 0 Å². The van der Waals surface area contributed by atoms with Crippen molar-refractivity contribution in [3.8, 4) is 0 Å². The van der Waals surface area contributed by atoms with Gasteiger partial charge in [-0.25, -0.2) is 4.79 Å². The van der Waals surface area contributed by atoms with E-state index in [4.69, 9.17) is 4.74 Å². The highest BCUT2D eigenvalue weighted by molar-refractivity contribution is 7.11. The van der Waals surface area contributed by atoms with Crippen LogP contribution in [-0.4, -0.2) is 46.4 Å². The van der Waals surface area contributed by atoms with Crippen LogP contribution in [0.3, 0.4) is 0 Å². The molecule has 0 radical (unpaired) electrons. The summed E-state index contributed by atoms with van der Waals surface area (Å²) in [5.41, 5.74) is 0. The quantitative estimate of drug-likeness (QED) is 0.924. The fraction of sp³-hybridized carbons (Fsp3) is 0.800. The van der Waals surface area contributed by atoms with E-state index in [1.54, 1.807) is 11.3 Å². The zero-order valence-electron chi connectivity index (χ0n) is 13.2. The van der Waals surface area contributed by atoms with Gasteiger partial charge in [0.25, 0.3) is 0 Å². The third kappa shape index (κ3) is 3.41. The number of carbonyl (C=O) groups is 1. The number of aromatic nitrogens is 2. The number of hydrogen-bond donors (Lipinski definition) is 1. The molecule has 0 saturated carbocycles. The minimum absolute atomic E-state index is 0.000651. The molecule has 2 aliphatic rings. The topological polar surface area (TPSA) is 67.4 Å². The summed E-state index contributed by atoms with van der Waals surface area (Å²) in [6, 6.07) is 0.238. The summed E-state index contributed by atoms with van der Waals surface area (Å²) in [6.07, 6.45) is 4.52. The first kappa shape index (κ1) is 15.7. The minimum Gasteiger partial charge on any atom is -0.376 e. The summed E-state index contributed by atoms with van der Waals surface area (Å²) < 4.78 is 5.77. The second kappa shape index (κ2) is 6.91. The second-order valence-corrected chi connectivity index (χ2v) is 7.40. The van der Waals surface area contributed by atoms with Crippen molar-refractivity contribution in [2.24, 2.45) is 0 Å². The summed E-state index contributed by atoms with van der Waals surface area (Å²) in [6.45, 7) is 6.31. The van der Waals surface area contributed by atoms with Crippen LogP contribution in [0.2, 0.25) is 0 Å². The van der Waals surface area contributed by atoms with Crippen molar-refractivity contribution in [2.75, 3.05) is 13.2 Å². The first-order valence-corrected chi connectivity index (χ1v) is 8.95. The first-order chi connectivity index (χ1) is 10.6. The predicted octanol–water partition coefficient (Wildman–Crippen LogP) is 2.51. The van der Waals surface area contributed by atoms with Crippen molar-refractivity contribution in [3.63, 3.8) is 0 Å². The van der Waals surface area contributed by atoms with Crippen molar-refractivity contribution in [2.45, 2.75) is 64.1 Å². The maximum atomic E-state index is 12.4. The van der Waals surface area contributed by atoms with Gasteiger partial charge in [-0.2, -0.15) is 0 Å². The third-order valence-electron chi connectivity index (χ3n) is 4.32. The smallest absolute Gasteiger partial charge is 0.318 e. The van der Waals surface area contributed by atoms with E-state index in [9.17, 15) is 4.79 Å². The van der Waals surface area contributed by atoms with E-state index in [0.717, 1.165) is 48.9 Å². The molecule has 2 amide bonds. The van der Waals surface area contributed by atoms with Gasteiger partial charge in [0.15, 0.2) is 0 Å². The van der Waals surface area contributed by atoms with Crippen molar-refractivity contribution in [1.29, 1.82) is 0 Å². The highest BCUT2D eigenvalue weighted by Crippen LogP contribution is 2.28. The van der Waals surface area contributed by atoms with Crippen molar-refractivity contribution in [3.05, 3.63) is 10.0 Å². The lowest BCUT2D eigenvalue weighted by atomic mass is 10.1. The SMILES string of the molecule is CC(C)c1nnc(CNC(=O)N2CCC[C@@H]2[C@H]2CCCO2)s1. The van der Waals surface area contributed by atoms with Crippen LogP contribution in [0, 0.1) is 0 Å². The first-order valence-electron chi connectivity index (χ1n) is 8.13. The largest absolute Gasteiger partial charge is 0.376 e. The van der Waals surface area contributed by atoms with Crippen LogP contribution < -0.4 is 5.32 Å². The fourth-order valence-electron chi connectivity index (χ4n) is 3.16. The van der Waals surface area contributed by atoms with Gasteiger partial charge in [-0.1, -0.05) is 25.2 Å². The Hall–Kier alpha value is -1.21. The Kier molecular flexibility index (Phi) is 4.93. The Morgan fingerprint density at radius 1 is 1.41 bits per heavy atom. The highest BCUT2D eigenvalue weighted by atomic mass is 32.1. The number of amides is 2. The Labute approximate surface area is 135 Å². The molecule has 2 fully saturated rings. The summed E-state index contributed by atoms with van der Waals surface area (Å²) >= 11 is 1.57. The minimum atomic E-state index is -0.000651. The zero-order chi connectivity index (χ0) is 15.5. The zero-order valence-corrected chi connectivity index (χ0v) is 14.1. The van der Waals surface area contributed by atoms with E-state index < -0.39 is 0 Å². The normalized spacial score (nSPS) is 25.1. The molecule has 2 atom stereocenters. The molecule has 7 heteroatoms. The second-order valence-electron chi connectivity index (χ2n) is 6.30. The van der Waals surface area contributed by atoms with Crippen molar-refractivity contribution < 1.29 is 9.53 Å². The molecular weight excluding hydrogens is 300 g/mol. The number of ether oxygens (including phenoxy) is 1. The van der Waals surface area contributed by atoms with Crippen LogP contribution in [0.1, 0.15) is 55.5 Å². The van der Waals surface area contributed by atoms with Gasteiger partial charge >= 0.3 is 6.03 Å². The fourth-order valence-corrected chi connectivity index (χ4v) is 3.95. The van der Waals surface area contributed by atoms with Gasteiger partial charge in [0.05, 0.1) is 18.7 Å². The number of hydrogen-bond acceptors (Lipinski definition) is 5. The van der Waals surface area contributed by atoms with E-state index in [0.29, 0.717) is 12.5 Å². The molecule has 0 unspecified atom stereocenters. The molecular formula is C15H24N4O2S. The van der Waals surface area contributed by atoms with Gasteiger partial charge in [-0.3, -0.25) is 0 Å². The van der Waals surface area contributed by atoms with Gasteiger partial charge in [-0.05, 0) is 25.7 Å². The van der Waals surface area contributed by atoms with Crippen LogP contribution in [0.25, 0.3) is 0 Å². The van der Waals surface area contributed by atoms with Gasteiger partial charge in [0, 0.05) is 19.1 Å². The van der Waals surface area contributed by atoms with Crippen LogP contribution in [0.4, 0.5) is 4.79 Å². The molecule has 22 heavy (non-hydrogen) atoms. The average molecular weight is 324 g/mol. The standard InChI is InChI=1S/C15H24N4O2S/c1-10(2)14-18-17-13(22-14)9-16-15(20)19-7-3-5-11(19)12-6-4-8-21-12/h10-12H,3-9H2,1-2H3,(H,16,20)/t11-,12-/m1/s1. The average Bonchev–Trinajstić information content (AvgIpc) is 3.23. The third-order valence-corrected chi connectivity index (χ3v) is 5.55. The lowest BCUT2D eigenvalue weighted by Crippen LogP contribution is -2.47. The lowest BCUT2D eigenvalue weighted by molar-refractivity contribution is 0.0520. The van der Waals surface area contributed by atoms with Gasteiger partial charge in [0.1, 0.15) is 10.0 Å². The van der Waals surface area contributed by atoms with E-state index in [-0.39, 0.29) is 18.2 Å². The number of carbonyl (C=O) groups excluding carboxylic acids is 1. The number of rotatable bonds is 4. The molecule has 3 heterocycles. The highest BCUT2D eigenvalue weighted by Gasteiger charge is 2.36. The molecule has 2 saturated heterocycles. The molecule has 0 aliphatic carbocycles. The maximum absolute atomic E-state index is 12.4. The van der Waals surface area contributed by atoms with Crippen molar-refractivity contribution in [1.82, 2.24) is 20.4 Å². The summed E-state index contributed by atoms with van der Waals surface area (Å²) in [5, 5.41) is 13.2. The predicted molar refractivity (Wildman–Crippen MR) is 84.9 cm³/mol. The number of likely N-dealkylation sites (tertiary alicyclic amines) is 1. The Bertz CT molecular complexity index is 513. The van der Waals surface area contributed by atoms with Crippen LogP contribution in [-0.2, 0) is 11.3 Å². The van der Waals surface area contributed by atoms with E-state index in [2.05, 4.69) is 29.4 Å². The molecule has 3 rings (SSSR count). The van der Waals surface area contributed by atoms with Gasteiger partial charge in [-0.15, -0.1) is 10.2 Å². The van der Waals surface area contributed by atoms with Crippen molar-refractivity contribution >= 4 is 17.4 Å². The molecule has 1 N–H and O–H groups in total. The monoisotopic (exact) mass is 324 g/mol. The molecule has 1 aromatic heterocycles. The molecule has 0 spiro atoms. The van der Waals surface area contributed by atoms with Gasteiger partial charge in [0.2, 0.25) is 0 Å². The number of urea groups is 1. The van der Waals surface area contributed by atoms with Gasteiger partial charge < -0.3 is 15.0 Å². The van der Waals surface area contributed by atoms with Crippen LogP contribution >= 0.6 is 11.3 Å². The summed E-state index contributed by atoms with van der Waals surface area (Å²) in [7, 11) is 0.